The first-order chi connectivity index (χ1) is 19.6. The van der Waals surface area contributed by atoms with Gasteiger partial charge in [0.2, 0.25) is 0 Å². The Morgan fingerprint density at radius 1 is 0.756 bits per heavy atom. The van der Waals surface area contributed by atoms with Gasteiger partial charge in [-0.05, 0) is 32.1 Å². The summed E-state index contributed by atoms with van der Waals surface area (Å²) >= 11 is 0. The topological polar surface area (TPSA) is 102 Å². The number of allylic oxidation sites excluding steroid dienone is 7. The third-order valence-corrected chi connectivity index (χ3v) is 7.11. The van der Waals surface area contributed by atoms with Gasteiger partial charge in [0.05, 0.1) is 34.2 Å². The molecule has 41 heavy (non-hydrogen) atoms. The number of phosphoric acid groups is 1. The van der Waals surface area contributed by atoms with Crippen molar-refractivity contribution in [3.8, 4) is 0 Å². The quantitative estimate of drug-likeness (QED) is 0.0332. The molecule has 1 unspecified atom stereocenters. The fourth-order valence-corrected chi connectivity index (χ4v) is 4.37. The number of quaternary nitrogens is 1. The van der Waals surface area contributed by atoms with Crippen LogP contribution in [0.1, 0.15) is 96.8 Å². The van der Waals surface area contributed by atoms with Crippen LogP contribution in [0.2, 0.25) is 0 Å². The Bertz CT molecular complexity index is 802. The van der Waals surface area contributed by atoms with Gasteiger partial charge in [0.25, 0.3) is 0 Å². The van der Waals surface area contributed by atoms with Crippen LogP contribution >= 0.6 is 7.82 Å². The molecule has 238 valence electrons. The number of rotatable bonds is 27. The highest BCUT2D eigenvalue weighted by atomic mass is 31.2. The number of carbonyl (C=O) groups is 1. The van der Waals surface area contributed by atoms with Crippen LogP contribution in [-0.4, -0.2) is 74.1 Å². The molecule has 0 saturated carbocycles. The molecule has 8 nitrogen and oxygen atoms in total. The van der Waals surface area contributed by atoms with Crippen LogP contribution in [0.5, 0.6) is 0 Å². The maximum atomic E-state index is 11.8. The number of hydrogen-bond acceptors (Lipinski definition) is 6. The number of unbranched alkanes of at least 4 members (excludes halogenated alkanes) is 9. The molecular formula is C32H59NO7P+. The molecule has 0 heterocycles. The number of carbonyl (C=O) groups excluding carboxylic acids is 1. The molecule has 2 N–H and O–H groups in total. The maximum Gasteiger partial charge on any atom is 0.472 e. The van der Waals surface area contributed by atoms with E-state index in [1.54, 1.807) is 6.08 Å². The summed E-state index contributed by atoms with van der Waals surface area (Å²) < 4.78 is 27.0. The van der Waals surface area contributed by atoms with Gasteiger partial charge in [-0.3, -0.25) is 13.8 Å². The monoisotopic (exact) mass is 600 g/mol. The van der Waals surface area contributed by atoms with Crippen molar-refractivity contribution in [3.63, 3.8) is 0 Å². The molecule has 0 bridgehead atoms. The zero-order chi connectivity index (χ0) is 30.7. The second-order valence-corrected chi connectivity index (χ2v) is 12.8. The number of likely N-dealkylation sites (N-methyl/N-ethyl adjacent to an activating group) is 1. The van der Waals surface area contributed by atoms with Crippen LogP contribution in [0.4, 0.5) is 0 Å². The van der Waals surface area contributed by atoms with Crippen molar-refractivity contribution in [1.82, 2.24) is 0 Å². The number of aliphatic hydroxyl groups excluding tert-OH is 1. The highest BCUT2D eigenvalue weighted by Crippen LogP contribution is 2.43. The molecule has 0 aliphatic carbocycles. The predicted molar refractivity (Wildman–Crippen MR) is 168 cm³/mol. The summed E-state index contributed by atoms with van der Waals surface area (Å²) in [5, 5.41) is 9.83. The SMILES string of the molecule is CCCCCCCCCCCC=CCC=CCC=CCC=CCC(=O)OC[C@@H](O)COP(=O)(O)OCC[N+](C)(C)C. The number of nitrogens with zero attached hydrogens (tertiary/aromatic N) is 1. The van der Waals surface area contributed by atoms with E-state index in [9.17, 15) is 19.4 Å². The molecule has 0 saturated heterocycles. The van der Waals surface area contributed by atoms with Crippen molar-refractivity contribution >= 4 is 13.8 Å². The minimum atomic E-state index is -4.27. The van der Waals surface area contributed by atoms with Crippen molar-refractivity contribution in [1.29, 1.82) is 0 Å². The van der Waals surface area contributed by atoms with Gasteiger partial charge in [0, 0.05) is 0 Å². The fraction of sp³-hybridized carbons (Fsp3) is 0.719. The summed E-state index contributed by atoms with van der Waals surface area (Å²) in [7, 11) is 1.51. The van der Waals surface area contributed by atoms with Gasteiger partial charge in [-0.2, -0.15) is 0 Å². The molecule has 0 aliphatic rings. The van der Waals surface area contributed by atoms with Crippen LogP contribution < -0.4 is 0 Å². The lowest BCUT2D eigenvalue weighted by Crippen LogP contribution is -2.37. The van der Waals surface area contributed by atoms with Crippen molar-refractivity contribution in [2.24, 2.45) is 0 Å². The smallest absolute Gasteiger partial charge is 0.463 e. The van der Waals surface area contributed by atoms with E-state index in [4.69, 9.17) is 13.8 Å². The zero-order valence-corrected chi connectivity index (χ0v) is 27.1. The second kappa shape index (κ2) is 26.1. The second-order valence-electron chi connectivity index (χ2n) is 11.4. The molecule has 0 aliphatic heterocycles. The van der Waals surface area contributed by atoms with E-state index < -0.39 is 26.5 Å². The van der Waals surface area contributed by atoms with Crippen molar-refractivity contribution < 1.29 is 37.6 Å². The van der Waals surface area contributed by atoms with Gasteiger partial charge >= 0.3 is 13.8 Å². The summed E-state index contributed by atoms with van der Waals surface area (Å²) in [4.78, 5) is 21.4. The average molecular weight is 601 g/mol. The summed E-state index contributed by atoms with van der Waals surface area (Å²) in [5.41, 5.74) is 0. The van der Waals surface area contributed by atoms with E-state index in [0.717, 1.165) is 19.3 Å². The average Bonchev–Trinajstić information content (AvgIpc) is 2.90. The Labute approximate surface area is 250 Å². The van der Waals surface area contributed by atoms with Crippen LogP contribution in [0.15, 0.2) is 48.6 Å². The van der Waals surface area contributed by atoms with Crippen LogP contribution in [-0.2, 0) is 23.1 Å². The molecule has 9 heteroatoms. The third-order valence-electron chi connectivity index (χ3n) is 6.13. The molecule has 0 fully saturated rings. The molecular weight excluding hydrogens is 541 g/mol. The first-order valence-electron chi connectivity index (χ1n) is 15.4. The molecule has 0 aromatic carbocycles. The first-order valence-corrected chi connectivity index (χ1v) is 16.9. The molecule has 0 rings (SSSR count). The van der Waals surface area contributed by atoms with Gasteiger partial charge in [0.1, 0.15) is 25.9 Å². The van der Waals surface area contributed by atoms with E-state index >= 15 is 0 Å². The van der Waals surface area contributed by atoms with Crippen LogP contribution in [0.25, 0.3) is 0 Å². The third kappa shape index (κ3) is 31.2. The Morgan fingerprint density at radius 2 is 1.27 bits per heavy atom. The predicted octanol–water partition coefficient (Wildman–Crippen LogP) is 7.44. The van der Waals surface area contributed by atoms with Crippen LogP contribution in [0.3, 0.4) is 0 Å². The standard InChI is InChI=1S/C32H58NO7P/c1-5-6-7-8-9-10-11-12-13-14-15-16-17-18-19-20-21-22-23-24-25-26-32(35)38-29-31(34)30-40-41(36,37)39-28-27-33(2,3)4/h15-16,18-19,21-22,24-25,31,34H,5-14,17,20,23,26-30H2,1-4H3/p+1/t31-/m1/s1. The van der Waals surface area contributed by atoms with E-state index in [1.807, 2.05) is 33.3 Å². The molecule has 0 spiro atoms. The Balaban J connectivity index is 3.72. The maximum absolute atomic E-state index is 11.8. The number of aliphatic hydroxyl groups is 1. The molecule has 2 atom stereocenters. The lowest BCUT2D eigenvalue weighted by molar-refractivity contribution is -0.870. The van der Waals surface area contributed by atoms with Crippen molar-refractivity contribution in [2.45, 2.75) is 103 Å². The molecule has 0 amide bonds. The Morgan fingerprint density at radius 3 is 1.83 bits per heavy atom. The first kappa shape index (κ1) is 39.5. The van der Waals surface area contributed by atoms with Gasteiger partial charge in [-0.15, -0.1) is 0 Å². The largest absolute Gasteiger partial charge is 0.472 e. The van der Waals surface area contributed by atoms with E-state index in [1.165, 1.54) is 64.2 Å². The molecule has 0 aromatic heterocycles. The number of esters is 1. The van der Waals surface area contributed by atoms with E-state index in [-0.39, 0.29) is 19.6 Å². The van der Waals surface area contributed by atoms with Gasteiger partial charge in [-0.25, -0.2) is 4.57 Å². The minimum Gasteiger partial charge on any atom is -0.463 e. The van der Waals surface area contributed by atoms with Crippen molar-refractivity contribution in [2.75, 3.05) is 47.5 Å². The zero-order valence-electron chi connectivity index (χ0n) is 26.3. The highest BCUT2D eigenvalue weighted by molar-refractivity contribution is 7.47. The molecule has 0 radical (unpaired) electrons. The fourth-order valence-electron chi connectivity index (χ4n) is 3.63. The van der Waals surface area contributed by atoms with Gasteiger partial charge < -0.3 is 19.2 Å². The van der Waals surface area contributed by atoms with E-state index in [0.29, 0.717) is 11.0 Å². The number of phosphoric ester groups is 1. The number of hydrogen-bond donors (Lipinski definition) is 2. The Kier molecular flexibility index (Phi) is 25.1. The van der Waals surface area contributed by atoms with Crippen LogP contribution in [0, 0.1) is 0 Å². The summed E-state index contributed by atoms with van der Waals surface area (Å²) in [6.07, 6.45) is 31.5. The minimum absolute atomic E-state index is 0.0394. The summed E-state index contributed by atoms with van der Waals surface area (Å²) in [6, 6.07) is 0. The van der Waals surface area contributed by atoms with Crippen molar-refractivity contribution in [3.05, 3.63) is 48.6 Å². The van der Waals surface area contributed by atoms with Gasteiger partial charge in [0.15, 0.2) is 0 Å². The van der Waals surface area contributed by atoms with E-state index in [2.05, 4.69) is 37.3 Å². The highest BCUT2D eigenvalue weighted by Gasteiger charge is 2.24. The Hall–Kier alpha value is -1.54. The normalized spacial score (nSPS) is 15.0. The molecule has 0 aromatic rings. The lowest BCUT2D eigenvalue weighted by atomic mass is 10.1. The summed E-state index contributed by atoms with van der Waals surface area (Å²) in [6.45, 7) is 2.02. The summed E-state index contributed by atoms with van der Waals surface area (Å²) in [5.74, 6) is -0.496. The lowest BCUT2D eigenvalue weighted by Gasteiger charge is -2.24. The number of ether oxygens (including phenoxy) is 1. The van der Waals surface area contributed by atoms with Gasteiger partial charge in [-0.1, -0.05) is 107 Å².